The predicted octanol–water partition coefficient (Wildman–Crippen LogP) is 3.10. The van der Waals surface area contributed by atoms with Crippen LogP contribution >= 0.6 is 0 Å². The van der Waals surface area contributed by atoms with Crippen molar-refractivity contribution in [3.63, 3.8) is 0 Å². The van der Waals surface area contributed by atoms with Gasteiger partial charge in [-0.1, -0.05) is 12.1 Å². The second kappa shape index (κ2) is 9.11. The van der Waals surface area contributed by atoms with Gasteiger partial charge in [0.15, 0.2) is 5.82 Å². The van der Waals surface area contributed by atoms with Crippen molar-refractivity contribution in [1.29, 1.82) is 0 Å². The highest BCUT2D eigenvalue weighted by molar-refractivity contribution is 6.10. The lowest BCUT2D eigenvalue weighted by atomic mass is 10.1. The zero-order valence-electron chi connectivity index (χ0n) is 18.1. The Morgan fingerprint density at radius 3 is 2.53 bits per heavy atom. The van der Waals surface area contributed by atoms with E-state index in [0.717, 1.165) is 35.6 Å². The Morgan fingerprint density at radius 2 is 1.81 bits per heavy atom. The first kappa shape index (κ1) is 21.4. The molecule has 9 nitrogen and oxygen atoms in total. The molecule has 0 N–H and O–H groups in total. The summed E-state index contributed by atoms with van der Waals surface area (Å²) >= 11 is 0. The number of pyridine rings is 1. The van der Waals surface area contributed by atoms with Gasteiger partial charge < -0.3 is 9.47 Å². The van der Waals surface area contributed by atoms with Crippen LogP contribution in [-0.2, 0) is 16.1 Å². The third-order valence-corrected chi connectivity index (χ3v) is 5.74. The van der Waals surface area contributed by atoms with Crippen LogP contribution < -0.4 is 9.80 Å². The zero-order valence-corrected chi connectivity index (χ0v) is 18.1. The van der Waals surface area contributed by atoms with E-state index < -0.39 is 0 Å². The molecule has 0 unspecified atom stereocenters. The predicted molar refractivity (Wildman–Crippen MR) is 117 cm³/mol. The van der Waals surface area contributed by atoms with Crippen LogP contribution in [0, 0.1) is 0 Å². The van der Waals surface area contributed by atoms with Crippen LogP contribution in [0.5, 0.6) is 0 Å². The Balaban J connectivity index is 0.000000775. The highest BCUT2D eigenvalue weighted by Gasteiger charge is 2.30. The number of hydrogen-bond donors (Lipinski definition) is 0. The maximum absolute atomic E-state index is 13.2. The van der Waals surface area contributed by atoms with Crippen molar-refractivity contribution in [3.8, 4) is 11.5 Å². The minimum absolute atomic E-state index is 0.0102. The largest absolute Gasteiger partial charge is 0.373 e. The van der Waals surface area contributed by atoms with Gasteiger partial charge in [0.1, 0.15) is 17.8 Å². The van der Waals surface area contributed by atoms with Gasteiger partial charge in [-0.05, 0) is 56.5 Å². The molecule has 1 aromatic carbocycles. The molecule has 0 saturated carbocycles. The lowest BCUT2D eigenvalue weighted by Crippen LogP contribution is -2.24. The zero-order chi connectivity index (χ0) is 22.7. The van der Waals surface area contributed by atoms with E-state index in [-0.39, 0.29) is 18.1 Å². The summed E-state index contributed by atoms with van der Waals surface area (Å²) in [6.07, 6.45) is 4.40. The third kappa shape index (κ3) is 4.02. The number of carbonyl (C=O) groups excluding carboxylic acids is 3. The normalized spacial score (nSPS) is 14.9. The van der Waals surface area contributed by atoms with E-state index in [1.54, 1.807) is 11.2 Å². The number of amides is 1. The molecule has 5 rings (SSSR count). The van der Waals surface area contributed by atoms with E-state index in [2.05, 4.69) is 41.1 Å². The fraction of sp³-hybridized carbons (Fsp3) is 0.348. The van der Waals surface area contributed by atoms with Gasteiger partial charge in [-0.3, -0.25) is 9.69 Å². The Kier molecular flexibility index (Phi) is 6.09. The number of rotatable bonds is 4. The molecule has 0 bridgehead atoms. The van der Waals surface area contributed by atoms with Gasteiger partial charge in [0.2, 0.25) is 0 Å². The standard InChI is InChI=1S/C22H24N6O.CO2/c1-15(2)28-14-23-25-21(28)19-6-5-7-20(24-19)27-13-16-8-9-17(12-18(16)22(27)29)26-10-3-4-11-26;2-1-3/h5-9,12,14-15H,3-4,10-11,13H2,1-2H3;. The average Bonchev–Trinajstić information content (AvgIpc) is 3.55. The molecule has 1 saturated heterocycles. The van der Waals surface area contributed by atoms with Crippen molar-refractivity contribution >= 4 is 23.6 Å². The number of aromatic nitrogens is 4. The van der Waals surface area contributed by atoms with Gasteiger partial charge in [0.05, 0.1) is 6.54 Å². The maximum atomic E-state index is 13.2. The van der Waals surface area contributed by atoms with Crippen LogP contribution in [0.2, 0.25) is 0 Å². The van der Waals surface area contributed by atoms with E-state index >= 15 is 0 Å². The van der Waals surface area contributed by atoms with Crippen molar-refractivity contribution in [2.75, 3.05) is 22.9 Å². The molecule has 1 fully saturated rings. The van der Waals surface area contributed by atoms with Crippen LogP contribution in [0.1, 0.15) is 48.7 Å². The lowest BCUT2D eigenvalue weighted by Gasteiger charge is -2.18. The van der Waals surface area contributed by atoms with E-state index in [0.29, 0.717) is 18.2 Å². The number of benzene rings is 1. The van der Waals surface area contributed by atoms with Crippen molar-refractivity contribution in [2.45, 2.75) is 39.3 Å². The van der Waals surface area contributed by atoms with Gasteiger partial charge in [-0.25, -0.2) is 4.98 Å². The summed E-state index contributed by atoms with van der Waals surface area (Å²) in [5.41, 5.74) is 3.70. The molecule has 0 aliphatic carbocycles. The first-order valence-electron chi connectivity index (χ1n) is 10.6. The van der Waals surface area contributed by atoms with Crippen LogP contribution in [0.3, 0.4) is 0 Å². The topological polar surface area (TPSA) is 101 Å². The summed E-state index contributed by atoms with van der Waals surface area (Å²) in [6, 6.07) is 12.2. The van der Waals surface area contributed by atoms with Crippen LogP contribution in [0.4, 0.5) is 11.5 Å². The maximum Gasteiger partial charge on any atom is 0.373 e. The summed E-state index contributed by atoms with van der Waals surface area (Å²) in [6.45, 7) is 6.83. The monoisotopic (exact) mass is 432 g/mol. The van der Waals surface area contributed by atoms with E-state index in [9.17, 15) is 4.79 Å². The SMILES string of the molecule is CC(C)n1cnnc1-c1cccc(N2Cc3ccc(N4CCCC4)cc3C2=O)n1.O=C=O. The van der Waals surface area contributed by atoms with E-state index in [4.69, 9.17) is 14.6 Å². The molecule has 32 heavy (non-hydrogen) atoms. The smallest absolute Gasteiger partial charge is 0.372 e. The van der Waals surface area contributed by atoms with Crippen LogP contribution in [0.15, 0.2) is 42.7 Å². The minimum Gasteiger partial charge on any atom is -0.372 e. The third-order valence-electron chi connectivity index (χ3n) is 5.74. The number of anilines is 2. The lowest BCUT2D eigenvalue weighted by molar-refractivity contribution is -0.191. The Morgan fingerprint density at radius 1 is 1.06 bits per heavy atom. The first-order valence-corrected chi connectivity index (χ1v) is 10.6. The molecular formula is C23H24N6O3. The Hall–Kier alpha value is -3.84. The summed E-state index contributed by atoms with van der Waals surface area (Å²) in [5.74, 6) is 1.36. The molecular weight excluding hydrogens is 408 g/mol. The highest BCUT2D eigenvalue weighted by atomic mass is 16.2. The second-order valence-corrected chi connectivity index (χ2v) is 8.05. The van der Waals surface area contributed by atoms with Gasteiger partial charge in [0, 0.05) is 30.4 Å². The van der Waals surface area contributed by atoms with Crippen molar-refractivity contribution in [1.82, 2.24) is 19.7 Å². The second-order valence-electron chi connectivity index (χ2n) is 8.05. The van der Waals surface area contributed by atoms with Gasteiger partial charge >= 0.3 is 6.15 Å². The van der Waals surface area contributed by atoms with E-state index in [1.807, 2.05) is 28.8 Å². The Bertz CT molecular complexity index is 1160. The molecule has 4 heterocycles. The summed E-state index contributed by atoms with van der Waals surface area (Å²) in [5, 5.41) is 8.26. The number of hydrogen-bond acceptors (Lipinski definition) is 7. The average molecular weight is 432 g/mol. The molecule has 1 amide bonds. The van der Waals surface area contributed by atoms with Crippen molar-refractivity contribution < 1.29 is 14.4 Å². The molecule has 2 aliphatic heterocycles. The van der Waals surface area contributed by atoms with Crippen LogP contribution in [-0.4, -0.2) is 44.9 Å². The van der Waals surface area contributed by atoms with Crippen molar-refractivity contribution in [2.24, 2.45) is 0 Å². The minimum atomic E-state index is 0.0102. The molecule has 2 aliphatic rings. The molecule has 2 aromatic heterocycles. The van der Waals surface area contributed by atoms with Gasteiger partial charge in [-0.15, -0.1) is 10.2 Å². The molecule has 164 valence electrons. The van der Waals surface area contributed by atoms with E-state index in [1.165, 1.54) is 12.8 Å². The quantitative estimate of drug-likeness (QED) is 0.624. The fourth-order valence-electron chi connectivity index (χ4n) is 4.15. The molecule has 9 heteroatoms. The molecule has 0 spiro atoms. The first-order chi connectivity index (χ1) is 15.5. The molecule has 0 radical (unpaired) electrons. The highest BCUT2D eigenvalue weighted by Crippen LogP contribution is 2.32. The van der Waals surface area contributed by atoms with Crippen molar-refractivity contribution in [3.05, 3.63) is 53.9 Å². The molecule has 0 atom stereocenters. The van der Waals surface area contributed by atoms with Gasteiger partial charge in [-0.2, -0.15) is 9.59 Å². The summed E-state index contributed by atoms with van der Waals surface area (Å²) < 4.78 is 1.98. The summed E-state index contributed by atoms with van der Waals surface area (Å²) in [7, 11) is 0. The Labute approximate surface area is 185 Å². The summed E-state index contributed by atoms with van der Waals surface area (Å²) in [4.78, 5) is 38.3. The fourth-order valence-corrected chi connectivity index (χ4v) is 4.15. The molecule has 3 aromatic rings. The number of fused-ring (bicyclic) bond motifs is 1. The number of carbonyl (C=O) groups is 1. The van der Waals surface area contributed by atoms with Crippen LogP contribution in [0.25, 0.3) is 11.5 Å². The number of nitrogens with zero attached hydrogens (tertiary/aromatic N) is 6. The van der Waals surface area contributed by atoms with Gasteiger partial charge in [0.25, 0.3) is 5.91 Å².